The van der Waals surface area contributed by atoms with E-state index in [4.69, 9.17) is 20.2 Å². The van der Waals surface area contributed by atoms with Crippen LogP contribution >= 0.6 is 0 Å². The number of aromatic nitrogens is 4. The van der Waals surface area contributed by atoms with E-state index in [-0.39, 0.29) is 11.8 Å². The van der Waals surface area contributed by atoms with E-state index in [9.17, 15) is 4.79 Å². The van der Waals surface area contributed by atoms with Crippen LogP contribution in [-0.4, -0.2) is 50.4 Å². The molecule has 2 N–H and O–H groups in total. The second-order valence-corrected chi connectivity index (χ2v) is 8.46. The average molecular weight is 471 g/mol. The molecular formula is C26H26N6O3. The van der Waals surface area contributed by atoms with Crippen molar-refractivity contribution in [1.29, 1.82) is 0 Å². The number of likely N-dealkylation sites (tertiary alicyclic amines) is 1. The first kappa shape index (κ1) is 22.4. The molecule has 4 heterocycles. The Bertz CT molecular complexity index is 1430. The van der Waals surface area contributed by atoms with Gasteiger partial charge in [-0.3, -0.25) is 9.20 Å². The first-order chi connectivity index (χ1) is 17.0. The number of imidazole rings is 1. The zero-order valence-electron chi connectivity index (χ0n) is 19.6. The maximum Gasteiger partial charge on any atom is 0.245 e. The number of pyridine rings is 1. The van der Waals surface area contributed by atoms with E-state index in [1.807, 2.05) is 47.7 Å². The predicted octanol–water partition coefficient (Wildman–Crippen LogP) is 3.98. The monoisotopic (exact) mass is 470 g/mol. The minimum atomic E-state index is -0.0687. The number of nitrogen functional groups attached to an aromatic ring is 1. The third kappa shape index (κ3) is 4.16. The Morgan fingerprint density at radius 1 is 1.17 bits per heavy atom. The third-order valence-electron chi connectivity index (χ3n) is 6.20. The topological polar surface area (TPSA) is 108 Å². The molecule has 3 aromatic heterocycles. The van der Waals surface area contributed by atoms with E-state index in [0.717, 1.165) is 28.8 Å². The van der Waals surface area contributed by atoms with Crippen LogP contribution < -0.4 is 15.2 Å². The summed E-state index contributed by atoms with van der Waals surface area (Å²) in [7, 11) is 1.59. The van der Waals surface area contributed by atoms with Crippen LogP contribution in [0.3, 0.4) is 0 Å². The lowest BCUT2D eigenvalue weighted by Crippen LogP contribution is -2.26. The Morgan fingerprint density at radius 3 is 2.77 bits per heavy atom. The van der Waals surface area contributed by atoms with E-state index >= 15 is 0 Å². The smallest absolute Gasteiger partial charge is 0.245 e. The Kier molecular flexibility index (Phi) is 5.82. The highest BCUT2D eigenvalue weighted by Gasteiger charge is 2.30. The summed E-state index contributed by atoms with van der Waals surface area (Å²) in [4.78, 5) is 27.4. The summed E-state index contributed by atoms with van der Waals surface area (Å²) >= 11 is 0. The molecule has 1 fully saturated rings. The number of carbonyl (C=O) groups excluding carboxylic acids is 1. The molecule has 1 aliphatic heterocycles. The van der Waals surface area contributed by atoms with Crippen LogP contribution in [0.5, 0.6) is 17.4 Å². The second-order valence-electron chi connectivity index (χ2n) is 8.46. The Balaban J connectivity index is 1.54. The lowest BCUT2D eigenvalue weighted by molar-refractivity contribution is -0.125. The van der Waals surface area contributed by atoms with Gasteiger partial charge in [-0.2, -0.15) is 0 Å². The standard InChI is InChI=1S/C26H26N6O3/c1-4-23(33)31-12-9-18(15-31)24-19-8-11-29-26(27)32(19)25(30-24)17-5-6-20(21(14-17)34-3)35-22-13-16(2)7-10-28-22/h4-8,10-11,13-14,18H,1,9,12,15H2,2-3H3,(H2,27,29). The van der Waals surface area contributed by atoms with Gasteiger partial charge < -0.3 is 20.1 Å². The third-order valence-corrected chi connectivity index (χ3v) is 6.20. The molecule has 5 rings (SSSR count). The summed E-state index contributed by atoms with van der Waals surface area (Å²) < 4.78 is 13.4. The number of fused-ring (bicyclic) bond motifs is 1. The van der Waals surface area contributed by atoms with Crippen molar-refractivity contribution in [2.45, 2.75) is 19.3 Å². The molecule has 4 aromatic rings. The van der Waals surface area contributed by atoms with Gasteiger partial charge in [-0.05, 0) is 55.3 Å². The van der Waals surface area contributed by atoms with E-state index in [1.54, 1.807) is 24.4 Å². The van der Waals surface area contributed by atoms with E-state index in [2.05, 4.69) is 16.5 Å². The average Bonchev–Trinajstić information content (AvgIpc) is 3.50. The lowest BCUT2D eigenvalue weighted by atomic mass is 10.0. The number of anilines is 1. The summed E-state index contributed by atoms with van der Waals surface area (Å²) in [6.45, 7) is 6.82. The Morgan fingerprint density at radius 2 is 2.00 bits per heavy atom. The molecule has 1 aliphatic rings. The van der Waals surface area contributed by atoms with Gasteiger partial charge in [0, 0.05) is 43.0 Å². The van der Waals surface area contributed by atoms with Gasteiger partial charge in [0.15, 0.2) is 11.5 Å². The molecular weight excluding hydrogens is 444 g/mol. The van der Waals surface area contributed by atoms with Crippen molar-refractivity contribution in [3.63, 3.8) is 0 Å². The molecule has 0 radical (unpaired) electrons. The summed E-state index contributed by atoms with van der Waals surface area (Å²) in [6, 6.07) is 11.3. The summed E-state index contributed by atoms with van der Waals surface area (Å²) in [5.74, 6) is 2.55. The van der Waals surface area contributed by atoms with Crippen molar-refractivity contribution in [1.82, 2.24) is 24.3 Å². The van der Waals surface area contributed by atoms with Gasteiger partial charge in [0.05, 0.1) is 18.3 Å². The van der Waals surface area contributed by atoms with Crippen LogP contribution in [0.1, 0.15) is 23.6 Å². The molecule has 0 bridgehead atoms. The number of amides is 1. The normalized spacial score (nSPS) is 15.4. The van der Waals surface area contributed by atoms with E-state index < -0.39 is 0 Å². The number of ether oxygens (including phenoxy) is 2. The minimum absolute atomic E-state index is 0.0687. The van der Waals surface area contributed by atoms with Crippen molar-refractivity contribution in [2.24, 2.45) is 0 Å². The van der Waals surface area contributed by atoms with Gasteiger partial charge in [0.25, 0.3) is 0 Å². The molecule has 1 unspecified atom stereocenters. The first-order valence-electron chi connectivity index (χ1n) is 11.3. The van der Waals surface area contributed by atoms with Gasteiger partial charge in [0.2, 0.25) is 17.7 Å². The highest BCUT2D eigenvalue weighted by Crippen LogP contribution is 2.38. The SMILES string of the molecule is C=CC(=O)N1CCC(c2nc(-c3ccc(Oc4cc(C)ccn4)c(OC)c3)n3c(N)nccc23)C1. The van der Waals surface area contributed by atoms with E-state index in [0.29, 0.717) is 42.2 Å². The van der Waals surface area contributed by atoms with Crippen LogP contribution in [0, 0.1) is 6.92 Å². The molecule has 9 heteroatoms. The van der Waals surface area contributed by atoms with Gasteiger partial charge >= 0.3 is 0 Å². The van der Waals surface area contributed by atoms with Crippen molar-refractivity contribution in [2.75, 3.05) is 25.9 Å². The minimum Gasteiger partial charge on any atom is -0.493 e. The van der Waals surface area contributed by atoms with Crippen LogP contribution in [0.4, 0.5) is 5.95 Å². The van der Waals surface area contributed by atoms with Crippen LogP contribution in [0.25, 0.3) is 16.9 Å². The van der Waals surface area contributed by atoms with Crippen LogP contribution in [0.15, 0.2) is 61.4 Å². The molecule has 9 nitrogen and oxygen atoms in total. The number of nitrogens with zero attached hydrogens (tertiary/aromatic N) is 5. The maximum absolute atomic E-state index is 12.1. The fraction of sp³-hybridized carbons (Fsp3) is 0.231. The number of hydrogen-bond donors (Lipinski definition) is 1. The van der Waals surface area contributed by atoms with Gasteiger partial charge in [-0.1, -0.05) is 6.58 Å². The molecule has 0 aliphatic carbocycles. The number of methoxy groups -OCH3 is 1. The molecule has 1 atom stereocenters. The zero-order chi connectivity index (χ0) is 24.5. The molecule has 1 amide bonds. The van der Waals surface area contributed by atoms with Crippen LogP contribution in [-0.2, 0) is 4.79 Å². The summed E-state index contributed by atoms with van der Waals surface area (Å²) in [5, 5.41) is 0. The Labute approximate surface area is 202 Å². The molecule has 1 saturated heterocycles. The number of rotatable bonds is 6. The predicted molar refractivity (Wildman–Crippen MR) is 133 cm³/mol. The maximum atomic E-state index is 12.1. The second kappa shape index (κ2) is 9.09. The lowest BCUT2D eigenvalue weighted by Gasteiger charge is -2.13. The molecule has 178 valence electrons. The molecule has 0 saturated carbocycles. The first-order valence-corrected chi connectivity index (χ1v) is 11.3. The summed E-state index contributed by atoms with van der Waals surface area (Å²) in [5.41, 5.74) is 9.89. The van der Waals surface area contributed by atoms with Gasteiger partial charge in [0.1, 0.15) is 5.82 Å². The quantitative estimate of drug-likeness (QED) is 0.425. The molecule has 1 aromatic carbocycles. The highest BCUT2D eigenvalue weighted by atomic mass is 16.5. The highest BCUT2D eigenvalue weighted by molar-refractivity contribution is 5.87. The number of nitrogens with two attached hydrogens (primary N) is 1. The van der Waals surface area contributed by atoms with Crippen molar-refractivity contribution in [3.05, 3.63) is 72.7 Å². The number of hydrogen-bond acceptors (Lipinski definition) is 7. The fourth-order valence-electron chi connectivity index (χ4n) is 4.46. The molecule has 35 heavy (non-hydrogen) atoms. The van der Waals surface area contributed by atoms with Gasteiger partial charge in [-0.25, -0.2) is 15.0 Å². The number of carbonyl (C=O) groups is 1. The molecule has 0 spiro atoms. The van der Waals surface area contributed by atoms with Crippen molar-refractivity contribution >= 4 is 17.4 Å². The van der Waals surface area contributed by atoms with Crippen molar-refractivity contribution in [3.8, 4) is 28.8 Å². The Hall–Kier alpha value is -4.40. The van der Waals surface area contributed by atoms with Gasteiger partial charge in [-0.15, -0.1) is 0 Å². The van der Waals surface area contributed by atoms with Crippen molar-refractivity contribution < 1.29 is 14.3 Å². The summed E-state index contributed by atoms with van der Waals surface area (Å²) in [6.07, 6.45) is 5.54. The van der Waals surface area contributed by atoms with Crippen LogP contribution in [0.2, 0.25) is 0 Å². The number of benzene rings is 1. The number of aryl methyl sites for hydroxylation is 1. The largest absolute Gasteiger partial charge is 0.493 e. The van der Waals surface area contributed by atoms with E-state index in [1.165, 1.54) is 6.08 Å². The fourth-order valence-corrected chi connectivity index (χ4v) is 4.46. The zero-order valence-corrected chi connectivity index (χ0v) is 19.6.